The number of hydrogen-bond donors (Lipinski definition) is 1. The van der Waals surface area contributed by atoms with Crippen molar-refractivity contribution in [1.29, 1.82) is 0 Å². The average molecular weight is 342 g/mol. The van der Waals surface area contributed by atoms with Crippen molar-refractivity contribution in [3.05, 3.63) is 58.3 Å². The number of esters is 1. The Kier molecular flexibility index (Phi) is 4.72. The first kappa shape index (κ1) is 15.9. The lowest BCUT2D eigenvalue weighted by molar-refractivity contribution is -0.119. The third kappa shape index (κ3) is 3.88. The summed E-state index contributed by atoms with van der Waals surface area (Å²) in [7, 11) is 0. The zero-order valence-corrected chi connectivity index (χ0v) is 13.6. The molecule has 3 aromatic rings. The second-order valence-electron chi connectivity index (χ2n) is 5.04. The minimum absolute atomic E-state index is 0.197. The molecule has 3 rings (SSSR count). The van der Waals surface area contributed by atoms with Crippen LogP contribution < -0.4 is 5.32 Å². The number of amides is 1. The zero-order chi connectivity index (χ0) is 16.9. The van der Waals surface area contributed by atoms with Crippen LogP contribution in [0.3, 0.4) is 0 Å². The summed E-state index contributed by atoms with van der Waals surface area (Å²) in [6, 6.07) is 12.8. The fourth-order valence-electron chi connectivity index (χ4n) is 1.96. The van der Waals surface area contributed by atoms with Crippen LogP contribution in [0, 0.1) is 6.92 Å². The molecule has 0 radical (unpaired) electrons. The van der Waals surface area contributed by atoms with E-state index in [-0.39, 0.29) is 5.88 Å². The largest absolute Gasteiger partial charge is 0.451 e. The van der Waals surface area contributed by atoms with E-state index in [0.29, 0.717) is 10.6 Å². The monoisotopic (exact) mass is 342 g/mol. The van der Waals surface area contributed by atoms with Gasteiger partial charge in [0.15, 0.2) is 6.61 Å². The molecule has 0 aliphatic heterocycles. The number of anilines is 1. The van der Waals surface area contributed by atoms with Gasteiger partial charge in [-0.2, -0.15) is 0 Å². The van der Waals surface area contributed by atoms with Crippen LogP contribution in [0.5, 0.6) is 0 Å². The lowest BCUT2D eigenvalue weighted by atomic mass is 10.1. The number of carbonyl (C=O) groups excluding carboxylic acids is 2. The summed E-state index contributed by atoms with van der Waals surface area (Å²) < 4.78 is 10.0. The van der Waals surface area contributed by atoms with E-state index in [1.165, 1.54) is 11.3 Å². The molecule has 7 heteroatoms. The normalized spacial score (nSPS) is 10.4. The molecule has 122 valence electrons. The van der Waals surface area contributed by atoms with Crippen LogP contribution in [0.4, 0.5) is 5.88 Å². The highest BCUT2D eigenvalue weighted by Crippen LogP contribution is 2.22. The molecular weight excluding hydrogens is 328 g/mol. The summed E-state index contributed by atoms with van der Waals surface area (Å²) in [6.07, 6.45) is 0. The molecule has 24 heavy (non-hydrogen) atoms. The smallest absolute Gasteiger partial charge is 0.348 e. The van der Waals surface area contributed by atoms with Gasteiger partial charge in [-0.25, -0.2) is 4.79 Å². The Labute approximate surface area is 142 Å². The van der Waals surface area contributed by atoms with Gasteiger partial charge < -0.3 is 9.26 Å². The Hall–Kier alpha value is -2.93. The van der Waals surface area contributed by atoms with Crippen molar-refractivity contribution >= 4 is 29.1 Å². The van der Waals surface area contributed by atoms with Crippen molar-refractivity contribution in [1.82, 2.24) is 5.16 Å². The zero-order valence-electron chi connectivity index (χ0n) is 12.8. The highest BCUT2D eigenvalue weighted by atomic mass is 32.1. The molecule has 0 saturated heterocycles. The summed E-state index contributed by atoms with van der Waals surface area (Å²) in [4.78, 5) is 23.9. The molecule has 1 amide bonds. The molecule has 0 fully saturated rings. The molecule has 0 aliphatic carbocycles. The molecule has 0 atom stereocenters. The van der Waals surface area contributed by atoms with Crippen LogP contribution in [0.25, 0.3) is 11.3 Å². The summed E-state index contributed by atoms with van der Waals surface area (Å²) in [5.41, 5.74) is 2.64. The molecule has 0 saturated carbocycles. The van der Waals surface area contributed by atoms with Crippen LogP contribution in [-0.4, -0.2) is 23.6 Å². The quantitative estimate of drug-likeness (QED) is 0.718. The first-order chi connectivity index (χ1) is 11.6. The second-order valence-corrected chi connectivity index (χ2v) is 5.99. The Balaban J connectivity index is 1.55. The Bertz CT molecular complexity index is 838. The van der Waals surface area contributed by atoms with Crippen molar-refractivity contribution in [3.63, 3.8) is 0 Å². The van der Waals surface area contributed by atoms with Crippen LogP contribution in [-0.2, 0) is 9.53 Å². The molecule has 0 spiro atoms. The van der Waals surface area contributed by atoms with Crippen molar-refractivity contribution in [2.24, 2.45) is 0 Å². The molecular formula is C17H14N2O4S. The minimum atomic E-state index is -0.530. The highest BCUT2D eigenvalue weighted by Gasteiger charge is 2.13. The maximum atomic E-state index is 11.8. The number of ether oxygens (including phenoxy) is 1. The summed E-state index contributed by atoms with van der Waals surface area (Å²) in [6.45, 7) is 1.60. The molecule has 0 aliphatic rings. The van der Waals surface area contributed by atoms with E-state index in [1.54, 1.807) is 23.6 Å². The second kappa shape index (κ2) is 7.10. The molecule has 2 aromatic heterocycles. The van der Waals surface area contributed by atoms with Gasteiger partial charge in [0, 0.05) is 11.6 Å². The average Bonchev–Trinajstić information content (AvgIpc) is 3.25. The van der Waals surface area contributed by atoms with Gasteiger partial charge >= 0.3 is 5.97 Å². The third-order valence-corrected chi connectivity index (χ3v) is 4.03. The van der Waals surface area contributed by atoms with Gasteiger partial charge in [0.25, 0.3) is 5.91 Å². The summed E-state index contributed by atoms with van der Waals surface area (Å²) >= 11 is 1.25. The van der Waals surface area contributed by atoms with E-state index in [9.17, 15) is 9.59 Å². The fourth-order valence-corrected chi connectivity index (χ4v) is 2.58. The van der Waals surface area contributed by atoms with E-state index < -0.39 is 18.5 Å². The maximum absolute atomic E-state index is 11.8. The number of benzene rings is 1. The molecule has 2 heterocycles. The van der Waals surface area contributed by atoms with Gasteiger partial charge in [-0.1, -0.05) is 41.1 Å². The van der Waals surface area contributed by atoms with Crippen LogP contribution >= 0.6 is 11.3 Å². The SMILES string of the molecule is Cc1ccc(-c2cc(NC(=O)COC(=O)c3cccs3)on2)cc1. The number of nitrogens with one attached hydrogen (secondary N) is 1. The standard InChI is InChI=1S/C17H14N2O4S/c1-11-4-6-12(7-5-11)13-9-16(23-19-13)18-15(20)10-22-17(21)14-3-2-8-24-14/h2-9H,10H2,1H3,(H,18,20). The van der Waals surface area contributed by atoms with Crippen molar-refractivity contribution in [2.75, 3.05) is 11.9 Å². The fraction of sp³-hybridized carbons (Fsp3) is 0.118. The molecule has 1 aromatic carbocycles. The molecule has 0 unspecified atom stereocenters. The van der Waals surface area contributed by atoms with Crippen LogP contribution in [0.15, 0.2) is 52.4 Å². The van der Waals surface area contributed by atoms with E-state index in [1.807, 2.05) is 31.2 Å². The number of rotatable bonds is 5. The van der Waals surface area contributed by atoms with E-state index in [2.05, 4.69) is 10.5 Å². The van der Waals surface area contributed by atoms with Gasteiger partial charge in [-0.05, 0) is 18.4 Å². The Morgan fingerprint density at radius 2 is 2.04 bits per heavy atom. The highest BCUT2D eigenvalue weighted by molar-refractivity contribution is 7.11. The predicted molar refractivity (Wildman–Crippen MR) is 89.9 cm³/mol. The predicted octanol–water partition coefficient (Wildman–Crippen LogP) is 3.51. The first-order valence-corrected chi connectivity index (χ1v) is 8.04. The van der Waals surface area contributed by atoms with Crippen LogP contribution in [0.2, 0.25) is 0 Å². The van der Waals surface area contributed by atoms with E-state index >= 15 is 0 Å². The maximum Gasteiger partial charge on any atom is 0.348 e. The number of thiophene rings is 1. The van der Waals surface area contributed by atoms with E-state index in [0.717, 1.165) is 11.1 Å². The van der Waals surface area contributed by atoms with Gasteiger partial charge in [-0.3, -0.25) is 10.1 Å². The van der Waals surface area contributed by atoms with Gasteiger partial charge in [0.2, 0.25) is 5.88 Å². The lowest BCUT2D eigenvalue weighted by Gasteiger charge is -2.02. The molecule has 6 nitrogen and oxygen atoms in total. The summed E-state index contributed by atoms with van der Waals surface area (Å²) in [5, 5.41) is 8.17. The topological polar surface area (TPSA) is 81.4 Å². The third-order valence-electron chi connectivity index (χ3n) is 3.18. The number of aryl methyl sites for hydroxylation is 1. The van der Waals surface area contributed by atoms with Crippen molar-refractivity contribution < 1.29 is 18.8 Å². The van der Waals surface area contributed by atoms with Crippen molar-refractivity contribution in [3.8, 4) is 11.3 Å². The number of nitrogens with zero attached hydrogens (tertiary/aromatic N) is 1. The van der Waals surface area contributed by atoms with Crippen molar-refractivity contribution in [2.45, 2.75) is 6.92 Å². The van der Waals surface area contributed by atoms with Crippen LogP contribution in [0.1, 0.15) is 15.2 Å². The lowest BCUT2D eigenvalue weighted by Crippen LogP contribution is -2.20. The van der Waals surface area contributed by atoms with Gasteiger partial charge in [-0.15, -0.1) is 11.3 Å². The Morgan fingerprint density at radius 1 is 1.25 bits per heavy atom. The first-order valence-electron chi connectivity index (χ1n) is 7.16. The molecule has 1 N–H and O–H groups in total. The summed E-state index contributed by atoms with van der Waals surface area (Å²) in [5.74, 6) is -0.827. The van der Waals surface area contributed by atoms with Gasteiger partial charge in [0.05, 0.1) is 0 Å². The molecule has 0 bridgehead atoms. The van der Waals surface area contributed by atoms with E-state index in [4.69, 9.17) is 9.26 Å². The number of hydrogen-bond acceptors (Lipinski definition) is 6. The van der Waals surface area contributed by atoms with Gasteiger partial charge in [0.1, 0.15) is 10.6 Å². The number of aromatic nitrogens is 1. The minimum Gasteiger partial charge on any atom is -0.451 e. The number of carbonyl (C=O) groups is 2. The Morgan fingerprint density at radius 3 is 2.75 bits per heavy atom.